The number of hydrogen-bond donors (Lipinski definition) is 2. The lowest BCUT2D eigenvalue weighted by Crippen LogP contribution is -2.54. The highest BCUT2D eigenvalue weighted by Crippen LogP contribution is 2.12. The van der Waals surface area contributed by atoms with Crippen molar-refractivity contribution in [2.45, 2.75) is 52.4 Å². The Balaban J connectivity index is 2.58. The number of hydrogen-bond acceptors (Lipinski definition) is 3. The number of carboxylic acid groups (broad SMARTS) is 1. The van der Waals surface area contributed by atoms with Crippen molar-refractivity contribution in [2.75, 3.05) is 13.1 Å². The zero-order valence-corrected chi connectivity index (χ0v) is 12.0. The van der Waals surface area contributed by atoms with Crippen molar-refractivity contribution in [3.8, 4) is 0 Å². The molecule has 0 spiro atoms. The predicted octanol–water partition coefficient (Wildman–Crippen LogP) is 1.30. The number of nitrogens with one attached hydrogen (secondary N) is 1. The molecule has 1 aliphatic heterocycles. The van der Waals surface area contributed by atoms with Gasteiger partial charge in [-0.2, -0.15) is 0 Å². The Kier molecular flexibility index (Phi) is 5.60. The van der Waals surface area contributed by atoms with Crippen LogP contribution in [0.15, 0.2) is 0 Å². The van der Waals surface area contributed by atoms with E-state index in [1.165, 1.54) is 0 Å². The summed E-state index contributed by atoms with van der Waals surface area (Å²) in [6.07, 6.45) is 0.377. The van der Waals surface area contributed by atoms with Crippen LogP contribution in [0.4, 0.5) is 4.79 Å². The maximum absolute atomic E-state index is 12.1. The molecule has 0 bridgehead atoms. The third kappa shape index (κ3) is 5.06. The fourth-order valence-corrected chi connectivity index (χ4v) is 2.28. The van der Waals surface area contributed by atoms with E-state index in [0.29, 0.717) is 19.5 Å². The average molecular weight is 272 g/mol. The average Bonchev–Trinajstić information content (AvgIpc) is 2.25. The van der Waals surface area contributed by atoms with Gasteiger partial charge in [0.25, 0.3) is 0 Å². The maximum atomic E-state index is 12.1. The molecule has 0 aliphatic carbocycles. The summed E-state index contributed by atoms with van der Waals surface area (Å²) in [7, 11) is 0. The molecule has 0 saturated carbocycles. The Morgan fingerprint density at radius 1 is 1.32 bits per heavy atom. The van der Waals surface area contributed by atoms with E-state index in [-0.39, 0.29) is 24.2 Å². The van der Waals surface area contributed by atoms with Gasteiger partial charge in [-0.25, -0.2) is 9.59 Å². The van der Waals surface area contributed by atoms with Gasteiger partial charge in [0.2, 0.25) is 0 Å². The first-order valence-corrected chi connectivity index (χ1v) is 6.73. The molecule has 1 aliphatic rings. The van der Waals surface area contributed by atoms with Gasteiger partial charge in [-0.15, -0.1) is 0 Å². The van der Waals surface area contributed by atoms with E-state index in [1.807, 2.05) is 27.7 Å². The van der Waals surface area contributed by atoms with E-state index >= 15 is 0 Å². The van der Waals surface area contributed by atoms with Crippen LogP contribution < -0.4 is 5.32 Å². The molecule has 6 heteroatoms. The van der Waals surface area contributed by atoms with Gasteiger partial charge in [0.15, 0.2) is 0 Å². The van der Waals surface area contributed by atoms with Crippen molar-refractivity contribution in [1.29, 1.82) is 0 Å². The van der Waals surface area contributed by atoms with Crippen LogP contribution in [0, 0.1) is 5.92 Å². The number of urea groups is 1. The van der Waals surface area contributed by atoms with E-state index in [2.05, 4.69) is 5.32 Å². The van der Waals surface area contributed by atoms with Crippen LogP contribution in [0.25, 0.3) is 0 Å². The van der Waals surface area contributed by atoms with Gasteiger partial charge >= 0.3 is 12.0 Å². The standard InChI is InChI=1S/C13H24N2O4/c1-8(2)5-11(12(16)17)14-13(18)15-6-9(3)19-10(4)7-15/h8-11H,5-7H2,1-4H3,(H,14,18)(H,16,17)/t9-,10-,11-/m0/s1. The largest absolute Gasteiger partial charge is 0.480 e. The van der Waals surface area contributed by atoms with Gasteiger partial charge < -0.3 is 20.1 Å². The quantitative estimate of drug-likeness (QED) is 0.808. The third-order valence-electron chi connectivity index (χ3n) is 3.01. The van der Waals surface area contributed by atoms with Gasteiger partial charge in [-0.05, 0) is 26.2 Å². The molecule has 0 unspecified atom stereocenters. The van der Waals surface area contributed by atoms with Crippen molar-refractivity contribution in [3.63, 3.8) is 0 Å². The van der Waals surface area contributed by atoms with Gasteiger partial charge in [0, 0.05) is 13.1 Å². The lowest BCUT2D eigenvalue weighted by Gasteiger charge is -2.35. The normalized spacial score (nSPS) is 25.2. The molecule has 0 aromatic heterocycles. The minimum absolute atomic E-state index is 0.0251. The monoisotopic (exact) mass is 272 g/mol. The van der Waals surface area contributed by atoms with Crippen molar-refractivity contribution in [1.82, 2.24) is 10.2 Å². The minimum Gasteiger partial charge on any atom is -0.480 e. The zero-order valence-electron chi connectivity index (χ0n) is 12.0. The van der Waals surface area contributed by atoms with Crippen LogP contribution in [-0.4, -0.2) is 53.3 Å². The maximum Gasteiger partial charge on any atom is 0.326 e. The predicted molar refractivity (Wildman–Crippen MR) is 71.0 cm³/mol. The number of morpholine rings is 1. The summed E-state index contributed by atoms with van der Waals surface area (Å²) in [5.41, 5.74) is 0. The van der Waals surface area contributed by atoms with E-state index in [4.69, 9.17) is 9.84 Å². The first-order valence-electron chi connectivity index (χ1n) is 6.73. The zero-order chi connectivity index (χ0) is 14.6. The molecule has 6 nitrogen and oxygen atoms in total. The van der Waals surface area contributed by atoms with Crippen molar-refractivity contribution in [3.05, 3.63) is 0 Å². The van der Waals surface area contributed by atoms with E-state index < -0.39 is 12.0 Å². The molecular weight excluding hydrogens is 248 g/mol. The summed E-state index contributed by atoms with van der Waals surface area (Å²) in [6, 6.07) is -1.16. The first-order chi connectivity index (χ1) is 8.79. The van der Waals surface area contributed by atoms with E-state index in [0.717, 1.165) is 0 Å². The molecular formula is C13H24N2O4. The molecule has 1 rings (SSSR count). The number of rotatable bonds is 4. The van der Waals surface area contributed by atoms with E-state index in [1.54, 1.807) is 4.90 Å². The van der Waals surface area contributed by atoms with Crippen LogP contribution in [0.1, 0.15) is 34.1 Å². The Morgan fingerprint density at radius 2 is 1.84 bits per heavy atom. The Morgan fingerprint density at radius 3 is 2.26 bits per heavy atom. The lowest BCUT2D eigenvalue weighted by atomic mass is 10.0. The summed E-state index contributed by atoms with van der Waals surface area (Å²) in [6.45, 7) is 8.65. The molecule has 19 heavy (non-hydrogen) atoms. The Bertz CT molecular complexity index is 323. The highest BCUT2D eigenvalue weighted by molar-refractivity contribution is 5.82. The number of aliphatic carboxylic acids is 1. The van der Waals surface area contributed by atoms with Crippen LogP contribution in [0.3, 0.4) is 0 Å². The topological polar surface area (TPSA) is 78.9 Å². The van der Waals surface area contributed by atoms with Crippen LogP contribution in [0.2, 0.25) is 0 Å². The molecule has 2 amide bonds. The summed E-state index contributed by atoms with van der Waals surface area (Å²) in [5.74, 6) is -0.777. The second-order valence-corrected chi connectivity index (χ2v) is 5.63. The third-order valence-corrected chi connectivity index (χ3v) is 3.01. The second-order valence-electron chi connectivity index (χ2n) is 5.63. The van der Waals surface area contributed by atoms with Crippen molar-refractivity contribution in [2.24, 2.45) is 5.92 Å². The molecule has 1 fully saturated rings. The molecule has 0 aromatic carbocycles. The highest BCUT2D eigenvalue weighted by Gasteiger charge is 2.29. The van der Waals surface area contributed by atoms with Crippen LogP contribution >= 0.6 is 0 Å². The highest BCUT2D eigenvalue weighted by atomic mass is 16.5. The number of ether oxygens (including phenoxy) is 1. The molecule has 1 heterocycles. The van der Waals surface area contributed by atoms with Gasteiger partial charge in [0.1, 0.15) is 6.04 Å². The minimum atomic E-state index is -0.989. The number of carbonyl (C=O) groups excluding carboxylic acids is 1. The van der Waals surface area contributed by atoms with Gasteiger partial charge in [-0.1, -0.05) is 13.8 Å². The van der Waals surface area contributed by atoms with E-state index in [9.17, 15) is 9.59 Å². The van der Waals surface area contributed by atoms with Crippen molar-refractivity contribution >= 4 is 12.0 Å². The fraction of sp³-hybridized carbons (Fsp3) is 0.846. The molecule has 0 aromatic rings. The first kappa shape index (κ1) is 15.8. The molecule has 0 radical (unpaired) electrons. The second kappa shape index (κ2) is 6.75. The van der Waals surface area contributed by atoms with Crippen LogP contribution in [0.5, 0.6) is 0 Å². The molecule has 3 atom stereocenters. The van der Waals surface area contributed by atoms with Gasteiger partial charge in [-0.3, -0.25) is 0 Å². The fourth-order valence-electron chi connectivity index (χ4n) is 2.28. The lowest BCUT2D eigenvalue weighted by molar-refractivity contribution is -0.139. The number of carboxylic acids is 1. The van der Waals surface area contributed by atoms with Gasteiger partial charge in [0.05, 0.1) is 12.2 Å². The number of nitrogens with zero attached hydrogens (tertiary/aromatic N) is 1. The summed E-state index contributed by atoms with van der Waals surface area (Å²) < 4.78 is 5.55. The summed E-state index contributed by atoms with van der Waals surface area (Å²) >= 11 is 0. The Hall–Kier alpha value is -1.30. The SMILES string of the molecule is CC(C)C[C@H](NC(=O)N1C[C@H](C)O[C@@H](C)C1)C(=O)O. The smallest absolute Gasteiger partial charge is 0.326 e. The Labute approximate surface area is 114 Å². The molecule has 110 valence electrons. The molecule has 1 saturated heterocycles. The summed E-state index contributed by atoms with van der Waals surface area (Å²) in [5, 5.41) is 11.7. The summed E-state index contributed by atoms with van der Waals surface area (Å²) in [4.78, 5) is 24.8. The number of carbonyl (C=O) groups is 2. The van der Waals surface area contributed by atoms with Crippen molar-refractivity contribution < 1.29 is 19.4 Å². The van der Waals surface area contributed by atoms with Crippen LogP contribution in [-0.2, 0) is 9.53 Å². The number of amides is 2. The molecule has 2 N–H and O–H groups in total.